The largest absolute Gasteiger partial charge is 0.477 e. The van der Waals surface area contributed by atoms with Crippen LogP contribution in [-0.4, -0.2) is 61.4 Å². The lowest BCUT2D eigenvalue weighted by atomic mass is 10.1. The van der Waals surface area contributed by atoms with Gasteiger partial charge in [-0.25, -0.2) is 0 Å². The van der Waals surface area contributed by atoms with Crippen molar-refractivity contribution < 1.29 is 19.1 Å². The summed E-state index contributed by atoms with van der Waals surface area (Å²) in [6.07, 6.45) is 4.02. The minimum atomic E-state index is -0.627. The zero-order valence-electron chi connectivity index (χ0n) is 19.2. The molecule has 0 spiro atoms. The molecular formula is C26H30N4O4. The number of rotatable bonds is 5. The number of hydrogen-bond acceptors (Lipinski definition) is 5. The summed E-state index contributed by atoms with van der Waals surface area (Å²) in [5.41, 5.74) is 2.33. The van der Waals surface area contributed by atoms with Gasteiger partial charge in [-0.2, -0.15) is 0 Å². The monoisotopic (exact) mass is 462 g/mol. The SMILES string of the molecule is O=C(CN1C[C@H](C(=O)N2CCCCC2)Oc2ccccc21)Nc1ccc(N2CCCC2=O)cc1. The first-order chi connectivity index (χ1) is 16.6. The molecule has 3 heterocycles. The van der Waals surface area contributed by atoms with Gasteiger partial charge < -0.3 is 24.8 Å². The van der Waals surface area contributed by atoms with Gasteiger partial charge in [0.25, 0.3) is 5.91 Å². The van der Waals surface area contributed by atoms with Crippen LogP contribution in [0.3, 0.4) is 0 Å². The lowest BCUT2D eigenvalue weighted by Crippen LogP contribution is -2.52. The molecule has 3 aliphatic heterocycles. The molecule has 34 heavy (non-hydrogen) atoms. The van der Waals surface area contributed by atoms with Gasteiger partial charge in [-0.3, -0.25) is 14.4 Å². The summed E-state index contributed by atoms with van der Waals surface area (Å²) in [6, 6.07) is 14.9. The van der Waals surface area contributed by atoms with Crippen molar-refractivity contribution in [2.75, 3.05) is 47.8 Å². The highest BCUT2D eigenvalue weighted by molar-refractivity contribution is 5.97. The summed E-state index contributed by atoms with van der Waals surface area (Å²) in [7, 11) is 0. The fraction of sp³-hybridized carbons (Fsp3) is 0.423. The third kappa shape index (κ3) is 4.71. The van der Waals surface area contributed by atoms with Crippen LogP contribution in [0.15, 0.2) is 48.5 Å². The molecule has 3 amide bonds. The van der Waals surface area contributed by atoms with Crippen LogP contribution in [0, 0.1) is 0 Å². The Labute approximate surface area is 199 Å². The van der Waals surface area contributed by atoms with E-state index in [1.54, 1.807) is 4.90 Å². The van der Waals surface area contributed by atoms with Gasteiger partial charge in [-0.1, -0.05) is 12.1 Å². The Hall–Kier alpha value is -3.55. The van der Waals surface area contributed by atoms with Crippen molar-refractivity contribution in [3.05, 3.63) is 48.5 Å². The molecule has 0 bridgehead atoms. The maximum atomic E-state index is 13.1. The first-order valence-electron chi connectivity index (χ1n) is 12.1. The number of benzene rings is 2. The van der Waals surface area contributed by atoms with Crippen molar-refractivity contribution >= 4 is 34.8 Å². The Morgan fingerprint density at radius 2 is 1.71 bits per heavy atom. The fourth-order valence-corrected chi connectivity index (χ4v) is 4.92. The molecule has 8 nitrogen and oxygen atoms in total. The predicted octanol–water partition coefficient (Wildman–Crippen LogP) is 3.03. The second-order valence-corrected chi connectivity index (χ2v) is 9.08. The highest BCUT2D eigenvalue weighted by atomic mass is 16.5. The molecule has 1 N–H and O–H groups in total. The van der Waals surface area contributed by atoms with E-state index in [0.717, 1.165) is 56.7 Å². The van der Waals surface area contributed by atoms with Crippen molar-refractivity contribution in [2.45, 2.75) is 38.2 Å². The lowest BCUT2D eigenvalue weighted by Gasteiger charge is -2.38. The molecule has 0 aliphatic carbocycles. The minimum absolute atomic E-state index is 0.00772. The molecular weight excluding hydrogens is 432 g/mol. The van der Waals surface area contributed by atoms with Crippen molar-refractivity contribution in [3.63, 3.8) is 0 Å². The predicted molar refractivity (Wildman–Crippen MR) is 130 cm³/mol. The summed E-state index contributed by atoms with van der Waals surface area (Å²) in [5.74, 6) is 0.575. The van der Waals surface area contributed by atoms with E-state index in [4.69, 9.17) is 4.74 Å². The number of nitrogens with zero attached hydrogens (tertiary/aromatic N) is 3. The normalized spacial score (nSPS) is 20.1. The molecule has 0 aromatic heterocycles. The fourth-order valence-electron chi connectivity index (χ4n) is 4.92. The van der Waals surface area contributed by atoms with E-state index in [2.05, 4.69) is 5.32 Å². The molecule has 8 heteroatoms. The van der Waals surface area contributed by atoms with Crippen LogP contribution in [-0.2, 0) is 14.4 Å². The van der Waals surface area contributed by atoms with E-state index < -0.39 is 6.10 Å². The van der Waals surface area contributed by atoms with Crippen LogP contribution in [0.1, 0.15) is 32.1 Å². The molecule has 0 saturated carbocycles. The Balaban J connectivity index is 1.25. The topological polar surface area (TPSA) is 82.2 Å². The number of fused-ring (bicyclic) bond motifs is 1. The zero-order valence-corrected chi connectivity index (χ0v) is 19.2. The van der Waals surface area contributed by atoms with E-state index >= 15 is 0 Å². The van der Waals surface area contributed by atoms with Gasteiger partial charge >= 0.3 is 0 Å². The molecule has 2 aromatic carbocycles. The molecule has 2 fully saturated rings. The molecule has 3 aliphatic rings. The van der Waals surface area contributed by atoms with Gasteiger partial charge in [0.2, 0.25) is 11.8 Å². The van der Waals surface area contributed by atoms with E-state index in [1.165, 1.54) is 0 Å². The number of piperidine rings is 1. The molecule has 178 valence electrons. The number of para-hydroxylation sites is 2. The third-order valence-corrected chi connectivity index (χ3v) is 6.68. The smallest absolute Gasteiger partial charge is 0.265 e. The Morgan fingerprint density at radius 3 is 2.44 bits per heavy atom. The summed E-state index contributed by atoms with van der Waals surface area (Å²) in [5, 5.41) is 2.94. The molecule has 5 rings (SSSR count). The number of ether oxygens (including phenoxy) is 1. The first-order valence-corrected chi connectivity index (χ1v) is 12.1. The maximum absolute atomic E-state index is 13.1. The van der Waals surface area contributed by atoms with Crippen molar-refractivity contribution in [1.29, 1.82) is 0 Å². The molecule has 2 saturated heterocycles. The quantitative estimate of drug-likeness (QED) is 0.739. The number of nitrogens with one attached hydrogen (secondary N) is 1. The Bertz CT molecular complexity index is 1060. The van der Waals surface area contributed by atoms with E-state index in [-0.39, 0.29) is 24.3 Å². The second-order valence-electron chi connectivity index (χ2n) is 9.08. The maximum Gasteiger partial charge on any atom is 0.265 e. The lowest BCUT2D eigenvalue weighted by molar-refractivity contribution is -0.139. The van der Waals surface area contributed by atoms with E-state index in [9.17, 15) is 14.4 Å². The molecule has 0 radical (unpaired) electrons. The van der Waals surface area contributed by atoms with Crippen LogP contribution in [0.2, 0.25) is 0 Å². The highest BCUT2D eigenvalue weighted by Crippen LogP contribution is 2.33. The molecule has 0 unspecified atom stereocenters. The Kier molecular flexibility index (Phi) is 6.38. The molecule has 2 aromatic rings. The second kappa shape index (κ2) is 9.75. The van der Waals surface area contributed by atoms with Crippen molar-refractivity contribution in [3.8, 4) is 5.75 Å². The molecule has 1 atom stereocenters. The van der Waals surface area contributed by atoms with E-state index in [1.807, 2.05) is 58.3 Å². The summed E-state index contributed by atoms with van der Waals surface area (Å²) in [6.45, 7) is 2.70. The van der Waals surface area contributed by atoms with Crippen LogP contribution in [0.25, 0.3) is 0 Å². The van der Waals surface area contributed by atoms with Crippen LogP contribution >= 0.6 is 0 Å². The number of hydrogen-bond donors (Lipinski definition) is 1. The van der Waals surface area contributed by atoms with Gasteiger partial charge in [0.15, 0.2) is 6.10 Å². The average Bonchev–Trinajstić information content (AvgIpc) is 3.30. The van der Waals surface area contributed by atoms with Gasteiger partial charge in [-0.15, -0.1) is 0 Å². The Morgan fingerprint density at radius 1 is 0.941 bits per heavy atom. The van der Waals surface area contributed by atoms with Crippen molar-refractivity contribution in [1.82, 2.24) is 4.90 Å². The van der Waals surface area contributed by atoms with Crippen molar-refractivity contribution in [2.24, 2.45) is 0 Å². The zero-order chi connectivity index (χ0) is 23.5. The number of carbonyl (C=O) groups excluding carboxylic acids is 3. The third-order valence-electron chi connectivity index (χ3n) is 6.68. The van der Waals surface area contributed by atoms with Crippen LogP contribution in [0.5, 0.6) is 5.75 Å². The summed E-state index contributed by atoms with van der Waals surface area (Å²) in [4.78, 5) is 43.5. The first kappa shape index (κ1) is 22.3. The number of carbonyl (C=O) groups is 3. The minimum Gasteiger partial charge on any atom is -0.477 e. The summed E-state index contributed by atoms with van der Waals surface area (Å²) < 4.78 is 6.05. The number of amides is 3. The van der Waals surface area contributed by atoms with Gasteiger partial charge in [-0.05, 0) is 62.1 Å². The van der Waals surface area contributed by atoms with E-state index in [0.29, 0.717) is 24.4 Å². The van der Waals surface area contributed by atoms with Gasteiger partial charge in [0, 0.05) is 37.4 Å². The highest BCUT2D eigenvalue weighted by Gasteiger charge is 2.34. The number of likely N-dealkylation sites (tertiary alicyclic amines) is 1. The summed E-state index contributed by atoms with van der Waals surface area (Å²) >= 11 is 0. The van der Waals surface area contributed by atoms with Crippen LogP contribution in [0.4, 0.5) is 17.1 Å². The number of anilines is 3. The standard InChI is InChI=1S/C26H30N4O4/c31-24(27-19-10-12-20(13-11-19)30-16-6-9-25(30)32)18-29-17-23(26(33)28-14-4-1-5-15-28)34-22-8-3-2-7-21(22)29/h2-3,7-8,10-13,23H,1,4-6,9,14-18H2,(H,27,31)/t23-/m1/s1. The van der Waals surface area contributed by atoms with Crippen LogP contribution < -0.4 is 19.9 Å². The average molecular weight is 463 g/mol. The van der Waals surface area contributed by atoms with Gasteiger partial charge in [0.05, 0.1) is 18.8 Å². The van der Waals surface area contributed by atoms with Gasteiger partial charge in [0.1, 0.15) is 5.75 Å².